The van der Waals surface area contributed by atoms with Gasteiger partial charge in [0.15, 0.2) is 21.3 Å². The molecule has 0 saturated heterocycles. The summed E-state index contributed by atoms with van der Waals surface area (Å²) in [4.78, 5) is 24.6. The van der Waals surface area contributed by atoms with Crippen molar-refractivity contribution in [3.63, 3.8) is 0 Å². The second kappa shape index (κ2) is 9.55. The lowest BCUT2D eigenvalue weighted by atomic mass is 10.2. The van der Waals surface area contributed by atoms with Crippen LogP contribution in [0.15, 0.2) is 70.2 Å². The number of hydrogen-bond acceptors (Lipinski definition) is 7. The lowest BCUT2D eigenvalue weighted by Gasteiger charge is -2.16. The predicted octanol–water partition coefficient (Wildman–Crippen LogP) is 2.61. The van der Waals surface area contributed by atoms with E-state index in [4.69, 9.17) is 25.5 Å². The molecular formula is C22H19ClN2O7S. The molecule has 2 aromatic carbocycles. The maximum Gasteiger partial charge on any atom is 0.309 e. The third-order valence-corrected chi connectivity index (χ3v) is 7.25. The van der Waals surface area contributed by atoms with Gasteiger partial charge in [0.1, 0.15) is 11.0 Å². The van der Waals surface area contributed by atoms with Gasteiger partial charge in [-0.15, -0.1) is 0 Å². The number of fused-ring (bicyclic) bond motifs is 1. The van der Waals surface area contributed by atoms with E-state index in [1.165, 1.54) is 36.6 Å². The fourth-order valence-electron chi connectivity index (χ4n) is 3.21. The summed E-state index contributed by atoms with van der Waals surface area (Å²) in [5.41, 5.74) is 0.708. The van der Waals surface area contributed by atoms with Gasteiger partial charge in [-0.3, -0.25) is 9.59 Å². The molecule has 0 saturated carbocycles. The van der Waals surface area contributed by atoms with E-state index in [0.717, 1.165) is 0 Å². The topological polar surface area (TPSA) is 124 Å². The molecule has 9 nitrogen and oxygen atoms in total. The minimum Gasteiger partial charge on any atom is -0.468 e. The molecule has 0 bridgehead atoms. The van der Waals surface area contributed by atoms with Crippen LogP contribution in [0.5, 0.6) is 11.5 Å². The molecule has 172 valence electrons. The highest BCUT2D eigenvalue weighted by molar-refractivity contribution is 7.91. The van der Waals surface area contributed by atoms with Gasteiger partial charge in [0.05, 0.1) is 11.2 Å². The number of nitrogens with one attached hydrogen (secondary N) is 2. The number of amides is 2. The Labute approximate surface area is 194 Å². The Kier molecular flexibility index (Phi) is 6.57. The van der Waals surface area contributed by atoms with Crippen molar-refractivity contribution in [2.45, 2.75) is 16.7 Å². The van der Waals surface area contributed by atoms with E-state index in [2.05, 4.69) is 10.6 Å². The lowest BCUT2D eigenvalue weighted by Crippen LogP contribution is -2.42. The third kappa shape index (κ3) is 5.12. The number of rotatable bonds is 7. The van der Waals surface area contributed by atoms with Crippen LogP contribution in [0.3, 0.4) is 0 Å². The molecule has 2 amide bonds. The molecule has 4 rings (SSSR count). The number of furan rings is 1. The maximum absolute atomic E-state index is 13.2. The summed E-state index contributed by atoms with van der Waals surface area (Å²) in [6.45, 7) is -0.161. The van der Waals surface area contributed by atoms with Crippen molar-refractivity contribution in [3.05, 3.63) is 77.2 Å². The van der Waals surface area contributed by atoms with Crippen LogP contribution in [0.1, 0.15) is 16.6 Å². The van der Waals surface area contributed by atoms with Gasteiger partial charge in [-0.2, -0.15) is 0 Å². The number of sulfone groups is 1. The van der Waals surface area contributed by atoms with Crippen molar-refractivity contribution >= 4 is 33.3 Å². The van der Waals surface area contributed by atoms with Gasteiger partial charge in [0.25, 0.3) is 0 Å². The standard InChI is InChI=1S/C22H19ClN2O7S/c23-15-4-6-16(7-5-15)33(28,29)20(18-2-1-9-30-18)12-25-22(27)21(26)24-11-14-3-8-17-19(10-14)32-13-31-17/h1-10,20H,11-13H2,(H,24,26)(H,25,27). The summed E-state index contributed by atoms with van der Waals surface area (Å²) in [6, 6.07) is 13.8. The van der Waals surface area contributed by atoms with Crippen LogP contribution in [-0.2, 0) is 26.0 Å². The maximum atomic E-state index is 13.2. The average molecular weight is 491 g/mol. The molecule has 2 N–H and O–H groups in total. The van der Waals surface area contributed by atoms with Crippen molar-refractivity contribution in [1.82, 2.24) is 10.6 Å². The third-order valence-electron chi connectivity index (χ3n) is 4.92. The molecule has 0 radical (unpaired) electrons. The fourth-order valence-corrected chi connectivity index (χ4v) is 4.92. The van der Waals surface area contributed by atoms with Crippen LogP contribution in [0.25, 0.3) is 0 Å². The smallest absolute Gasteiger partial charge is 0.309 e. The summed E-state index contributed by atoms with van der Waals surface area (Å²) >= 11 is 5.85. The largest absolute Gasteiger partial charge is 0.468 e. The summed E-state index contributed by atoms with van der Waals surface area (Å²) in [6.07, 6.45) is 1.33. The number of carbonyl (C=O) groups excluding carboxylic acids is 2. The van der Waals surface area contributed by atoms with Crippen LogP contribution in [0.4, 0.5) is 0 Å². The van der Waals surface area contributed by atoms with E-state index in [1.807, 2.05) is 0 Å². The summed E-state index contributed by atoms with van der Waals surface area (Å²) < 4.78 is 42.1. The summed E-state index contributed by atoms with van der Waals surface area (Å²) in [5.74, 6) is -0.590. The molecule has 0 fully saturated rings. The predicted molar refractivity (Wildman–Crippen MR) is 118 cm³/mol. The van der Waals surface area contributed by atoms with Crippen LogP contribution in [-0.4, -0.2) is 33.6 Å². The van der Waals surface area contributed by atoms with Gasteiger partial charge in [-0.25, -0.2) is 8.42 Å². The summed E-state index contributed by atoms with van der Waals surface area (Å²) in [7, 11) is -3.95. The molecular weight excluding hydrogens is 472 g/mol. The Hall–Kier alpha value is -3.50. The van der Waals surface area contributed by atoms with E-state index in [0.29, 0.717) is 22.1 Å². The Morgan fingerprint density at radius 2 is 1.70 bits per heavy atom. The van der Waals surface area contributed by atoms with Crippen LogP contribution < -0.4 is 20.1 Å². The van der Waals surface area contributed by atoms with Crippen molar-refractivity contribution in [1.29, 1.82) is 0 Å². The molecule has 3 aromatic rings. The zero-order chi connectivity index (χ0) is 23.4. The number of carbonyl (C=O) groups is 2. The first kappa shape index (κ1) is 22.7. The Bertz CT molecular complexity index is 1260. The fraction of sp³-hybridized carbons (Fsp3) is 0.182. The number of benzene rings is 2. The van der Waals surface area contributed by atoms with Gasteiger partial charge in [-0.05, 0) is 54.1 Å². The van der Waals surface area contributed by atoms with Gasteiger partial charge in [-0.1, -0.05) is 17.7 Å². The minimum absolute atomic E-state index is 0.00908. The second-order valence-electron chi connectivity index (χ2n) is 7.08. The molecule has 1 aliphatic rings. The molecule has 33 heavy (non-hydrogen) atoms. The van der Waals surface area contributed by atoms with Crippen molar-refractivity contribution in [3.8, 4) is 11.5 Å². The molecule has 1 aromatic heterocycles. The highest BCUT2D eigenvalue weighted by Crippen LogP contribution is 2.32. The molecule has 0 aliphatic carbocycles. The lowest BCUT2D eigenvalue weighted by molar-refractivity contribution is -0.139. The normalized spacial score (nSPS) is 13.4. The molecule has 11 heteroatoms. The van der Waals surface area contributed by atoms with E-state index >= 15 is 0 Å². The van der Waals surface area contributed by atoms with Crippen LogP contribution in [0, 0.1) is 0 Å². The zero-order valence-corrected chi connectivity index (χ0v) is 18.7. The average Bonchev–Trinajstić information content (AvgIpc) is 3.49. The molecule has 2 heterocycles. The number of halogens is 1. The highest BCUT2D eigenvalue weighted by atomic mass is 35.5. The first-order valence-corrected chi connectivity index (χ1v) is 11.7. The molecule has 0 spiro atoms. The number of ether oxygens (including phenoxy) is 2. The second-order valence-corrected chi connectivity index (χ2v) is 9.65. The zero-order valence-electron chi connectivity index (χ0n) is 17.1. The van der Waals surface area contributed by atoms with Crippen LogP contribution in [0.2, 0.25) is 5.02 Å². The van der Waals surface area contributed by atoms with Gasteiger partial charge in [0.2, 0.25) is 6.79 Å². The van der Waals surface area contributed by atoms with E-state index in [1.54, 1.807) is 24.3 Å². The first-order valence-electron chi connectivity index (χ1n) is 9.82. The monoisotopic (exact) mass is 490 g/mol. The SMILES string of the molecule is O=C(NCc1ccc2c(c1)OCO2)C(=O)NCC(c1ccco1)S(=O)(=O)c1ccc(Cl)cc1. The van der Waals surface area contributed by atoms with Crippen molar-refractivity contribution in [2.24, 2.45) is 0 Å². The number of hydrogen-bond donors (Lipinski definition) is 2. The van der Waals surface area contributed by atoms with Gasteiger partial charge in [0, 0.05) is 18.1 Å². The Morgan fingerprint density at radius 1 is 0.970 bits per heavy atom. The summed E-state index contributed by atoms with van der Waals surface area (Å²) in [5, 5.41) is 4.01. The highest BCUT2D eigenvalue weighted by Gasteiger charge is 2.32. The molecule has 1 aliphatic heterocycles. The van der Waals surface area contributed by atoms with Crippen molar-refractivity contribution in [2.75, 3.05) is 13.3 Å². The quantitative estimate of drug-likeness (QED) is 0.488. The van der Waals surface area contributed by atoms with Crippen molar-refractivity contribution < 1.29 is 31.9 Å². The molecule has 1 unspecified atom stereocenters. The molecule has 1 atom stereocenters. The minimum atomic E-state index is -3.95. The Balaban J connectivity index is 1.40. The van der Waals surface area contributed by atoms with Crippen LogP contribution >= 0.6 is 11.6 Å². The van der Waals surface area contributed by atoms with E-state index in [9.17, 15) is 18.0 Å². The van der Waals surface area contributed by atoms with E-state index < -0.39 is 26.9 Å². The van der Waals surface area contributed by atoms with Gasteiger partial charge >= 0.3 is 11.8 Å². The Morgan fingerprint density at radius 3 is 2.42 bits per heavy atom. The van der Waals surface area contributed by atoms with Gasteiger partial charge < -0.3 is 24.5 Å². The first-order chi connectivity index (χ1) is 15.8. The van der Waals surface area contributed by atoms with E-state index in [-0.39, 0.29) is 30.5 Å².